The summed E-state index contributed by atoms with van der Waals surface area (Å²) in [7, 11) is 0. The Labute approximate surface area is 103 Å². The second-order valence-corrected chi connectivity index (χ2v) is 4.74. The molecule has 3 nitrogen and oxygen atoms in total. The first-order chi connectivity index (χ1) is 8.20. The van der Waals surface area contributed by atoms with Gasteiger partial charge < -0.3 is 5.32 Å². The minimum Gasteiger partial charge on any atom is -0.313 e. The maximum absolute atomic E-state index is 9.11. The maximum atomic E-state index is 9.11. The first-order valence-corrected chi connectivity index (χ1v) is 6.11. The zero-order chi connectivity index (χ0) is 12.3. The molecule has 2 rings (SSSR count). The van der Waals surface area contributed by atoms with Crippen LogP contribution in [0.25, 0.3) is 0 Å². The first-order valence-electron chi connectivity index (χ1n) is 6.11. The number of nitriles is 1. The highest BCUT2D eigenvalue weighted by molar-refractivity contribution is 5.30. The molecule has 0 amide bonds. The second-order valence-electron chi connectivity index (χ2n) is 4.74. The van der Waals surface area contributed by atoms with Gasteiger partial charge in [0.1, 0.15) is 6.04 Å². The van der Waals surface area contributed by atoms with Crippen LogP contribution in [0.3, 0.4) is 0 Å². The number of rotatable bonds is 2. The van der Waals surface area contributed by atoms with E-state index < -0.39 is 0 Å². The summed E-state index contributed by atoms with van der Waals surface area (Å²) in [5, 5.41) is 12.4. The average Bonchev–Trinajstić information content (AvgIpc) is 2.34. The minimum atomic E-state index is 0.00496. The van der Waals surface area contributed by atoms with Gasteiger partial charge in [-0.3, -0.25) is 4.90 Å². The van der Waals surface area contributed by atoms with E-state index in [0.29, 0.717) is 0 Å². The fourth-order valence-electron chi connectivity index (χ4n) is 2.20. The maximum Gasteiger partial charge on any atom is 0.111 e. The Hall–Kier alpha value is -1.37. The molecule has 1 saturated heterocycles. The summed E-state index contributed by atoms with van der Waals surface area (Å²) in [6.45, 7) is 7.84. The van der Waals surface area contributed by atoms with Crippen molar-refractivity contribution in [1.82, 2.24) is 10.2 Å². The minimum absolute atomic E-state index is 0.00496. The number of nitrogens with zero attached hydrogens (tertiary/aromatic N) is 2. The Bertz CT molecular complexity index is 434. The van der Waals surface area contributed by atoms with Crippen molar-refractivity contribution < 1.29 is 0 Å². The van der Waals surface area contributed by atoms with Gasteiger partial charge in [-0.05, 0) is 30.5 Å². The lowest BCUT2D eigenvalue weighted by molar-refractivity contribution is 0.189. The van der Waals surface area contributed by atoms with Crippen molar-refractivity contribution >= 4 is 0 Å². The highest BCUT2D eigenvalue weighted by Gasteiger charge is 2.21. The van der Waals surface area contributed by atoms with Gasteiger partial charge >= 0.3 is 0 Å². The van der Waals surface area contributed by atoms with Crippen LogP contribution in [0.1, 0.15) is 16.7 Å². The standard InChI is InChI=1S/C14H19N3/c1-11-3-4-13(7-12(11)2)10-17-6-5-16-9-14(17)8-15/h3-4,7,14,16H,5-6,9-10H2,1-2H3. The lowest BCUT2D eigenvalue weighted by Crippen LogP contribution is -2.49. The topological polar surface area (TPSA) is 39.1 Å². The third-order valence-corrected chi connectivity index (χ3v) is 3.46. The van der Waals surface area contributed by atoms with Gasteiger partial charge in [-0.1, -0.05) is 18.2 Å². The van der Waals surface area contributed by atoms with Crippen LogP contribution in [0.2, 0.25) is 0 Å². The van der Waals surface area contributed by atoms with E-state index in [1.165, 1.54) is 16.7 Å². The molecule has 1 aliphatic rings. The molecule has 1 atom stereocenters. The fourth-order valence-corrected chi connectivity index (χ4v) is 2.20. The van der Waals surface area contributed by atoms with E-state index in [2.05, 4.69) is 48.3 Å². The molecule has 0 saturated carbocycles. The Balaban J connectivity index is 2.09. The first kappa shape index (κ1) is 12.1. The van der Waals surface area contributed by atoms with Crippen LogP contribution in [0, 0.1) is 25.2 Å². The highest BCUT2D eigenvalue weighted by Crippen LogP contribution is 2.14. The van der Waals surface area contributed by atoms with E-state index in [0.717, 1.165) is 26.2 Å². The van der Waals surface area contributed by atoms with Crippen LogP contribution in [-0.4, -0.2) is 30.6 Å². The summed E-state index contributed by atoms with van der Waals surface area (Å²) < 4.78 is 0. The zero-order valence-electron chi connectivity index (χ0n) is 10.5. The van der Waals surface area contributed by atoms with Crippen molar-refractivity contribution in [3.63, 3.8) is 0 Å². The summed E-state index contributed by atoms with van der Waals surface area (Å²) in [6.07, 6.45) is 0. The molecule has 1 heterocycles. The van der Waals surface area contributed by atoms with Gasteiger partial charge in [0.2, 0.25) is 0 Å². The van der Waals surface area contributed by atoms with E-state index in [9.17, 15) is 0 Å². The Kier molecular flexibility index (Phi) is 3.78. The molecule has 3 heteroatoms. The predicted molar refractivity (Wildman–Crippen MR) is 68.6 cm³/mol. The van der Waals surface area contributed by atoms with E-state index in [-0.39, 0.29) is 6.04 Å². The molecule has 0 aromatic heterocycles. The molecular weight excluding hydrogens is 210 g/mol. The van der Waals surface area contributed by atoms with Crippen molar-refractivity contribution in [2.24, 2.45) is 0 Å². The molecule has 0 bridgehead atoms. The molecule has 0 aliphatic carbocycles. The summed E-state index contributed by atoms with van der Waals surface area (Å²) in [5.74, 6) is 0. The van der Waals surface area contributed by atoms with Crippen LogP contribution in [0.4, 0.5) is 0 Å². The Morgan fingerprint density at radius 1 is 1.41 bits per heavy atom. The van der Waals surface area contributed by atoms with Crippen molar-refractivity contribution in [1.29, 1.82) is 5.26 Å². The van der Waals surface area contributed by atoms with E-state index in [1.54, 1.807) is 0 Å². The van der Waals surface area contributed by atoms with Crippen molar-refractivity contribution in [2.75, 3.05) is 19.6 Å². The van der Waals surface area contributed by atoms with Gasteiger partial charge in [0.15, 0.2) is 0 Å². The predicted octanol–water partition coefficient (Wildman–Crippen LogP) is 1.60. The van der Waals surface area contributed by atoms with Crippen LogP contribution in [-0.2, 0) is 6.54 Å². The molecule has 1 aromatic rings. The van der Waals surface area contributed by atoms with Gasteiger partial charge in [-0.15, -0.1) is 0 Å². The summed E-state index contributed by atoms with van der Waals surface area (Å²) in [5.41, 5.74) is 3.95. The average molecular weight is 229 g/mol. The van der Waals surface area contributed by atoms with Gasteiger partial charge in [-0.2, -0.15) is 5.26 Å². The van der Waals surface area contributed by atoms with Gasteiger partial charge in [0.05, 0.1) is 6.07 Å². The van der Waals surface area contributed by atoms with E-state index in [4.69, 9.17) is 5.26 Å². The Morgan fingerprint density at radius 3 is 2.94 bits per heavy atom. The number of aryl methyl sites for hydroxylation is 2. The van der Waals surface area contributed by atoms with Crippen molar-refractivity contribution in [3.05, 3.63) is 34.9 Å². The molecule has 0 spiro atoms. The number of hydrogen-bond donors (Lipinski definition) is 1. The van der Waals surface area contributed by atoms with Gasteiger partial charge in [-0.25, -0.2) is 0 Å². The molecule has 1 aromatic carbocycles. The molecule has 1 fully saturated rings. The molecule has 1 aliphatic heterocycles. The normalized spacial score (nSPS) is 21.1. The highest BCUT2D eigenvalue weighted by atomic mass is 15.2. The molecule has 0 radical (unpaired) electrons. The van der Waals surface area contributed by atoms with Gasteiger partial charge in [0, 0.05) is 26.2 Å². The van der Waals surface area contributed by atoms with Crippen LogP contribution in [0.15, 0.2) is 18.2 Å². The van der Waals surface area contributed by atoms with Crippen LogP contribution >= 0.6 is 0 Å². The largest absolute Gasteiger partial charge is 0.313 e. The monoisotopic (exact) mass is 229 g/mol. The molecular formula is C14H19N3. The number of hydrogen-bond acceptors (Lipinski definition) is 3. The molecule has 1 N–H and O–H groups in total. The van der Waals surface area contributed by atoms with E-state index >= 15 is 0 Å². The number of nitrogens with one attached hydrogen (secondary N) is 1. The Morgan fingerprint density at radius 2 is 2.24 bits per heavy atom. The number of benzene rings is 1. The van der Waals surface area contributed by atoms with Crippen molar-refractivity contribution in [3.8, 4) is 6.07 Å². The summed E-state index contributed by atoms with van der Waals surface area (Å²) in [6, 6.07) is 8.92. The smallest absolute Gasteiger partial charge is 0.111 e. The molecule has 17 heavy (non-hydrogen) atoms. The third kappa shape index (κ3) is 2.85. The fraction of sp³-hybridized carbons (Fsp3) is 0.500. The lowest BCUT2D eigenvalue weighted by atomic mass is 10.1. The van der Waals surface area contributed by atoms with Crippen LogP contribution in [0.5, 0.6) is 0 Å². The SMILES string of the molecule is Cc1ccc(CN2CCNCC2C#N)cc1C. The number of piperazine rings is 1. The zero-order valence-corrected chi connectivity index (χ0v) is 10.5. The summed E-state index contributed by atoms with van der Waals surface area (Å²) >= 11 is 0. The quantitative estimate of drug-likeness (QED) is 0.837. The summed E-state index contributed by atoms with van der Waals surface area (Å²) in [4.78, 5) is 2.25. The lowest BCUT2D eigenvalue weighted by Gasteiger charge is -2.32. The van der Waals surface area contributed by atoms with Gasteiger partial charge in [0.25, 0.3) is 0 Å². The second kappa shape index (κ2) is 5.31. The van der Waals surface area contributed by atoms with E-state index in [1.807, 2.05) is 0 Å². The third-order valence-electron chi connectivity index (χ3n) is 3.46. The molecule has 1 unspecified atom stereocenters. The van der Waals surface area contributed by atoms with Crippen molar-refractivity contribution in [2.45, 2.75) is 26.4 Å². The molecule has 90 valence electrons. The van der Waals surface area contributed by atoms with Crippen LogP contribution < -0.4 is 5.32 Å².